The summed E-state index contributed by atoms with van der Waals surface area (Å²) in [5.41, 5.74) is 6.51. The zero-order chi connectivity index (χ0) is 15.0. The van der Waals surface area contributed by atoms with Crippen LogP contribution < -0.4 is 11.1 Å². The number of rotatable bonds is 9. The standard InChI is InChI=1S/C16H25FN2S/c1-12(2)7-5-3-4-6-10-19-13-8-9-14(16(18)20)15(17)11-13/h8-9,11-12,19H,3-7,10H2,1-2H3,(H2,18,20). The Kier molecular flexibility index (Phi) is 7.52. The molecule has 0 unspecified atom stereocenters. The van der Waals surface area contributed by atoms with E-state index in [1.165, 1.54) is 31.7 Å². The summed E-state index contributed by atoms with van der Waals surface area (Å²) in [4.78, 5) is 0.0965. The number of thiocarbonyl (C=S) groups is 1. The molecule has 20 heavy (non-hydrogen) atoms. The molecule has 1 rings (SSSR count). The van der Waals surface area contributed by atoms with Crippen molar-refractivity contribution in [3.63, 3.8) is 0 Å². The molecule has 2 nitrogen and oxygen atoms in total. The summed E-state index contributed by atoms with van der Waals surface area (Å²) in [7, 11) is 0. The first-order chi connectivity index (χ1) is 9.50. The van der Waals surface area contributed by atoms with Crippen molar-refractivity contribution in [3.05, 3.63) is 29.6 Å². The van der Waals surface area contributed by atoms with Gasteiger partial charge in [0.05, 0.1) is 0 Å². The number of nitrogens with two attached hydrogens (primary N) is 1. The van der Waals surface area contributed by atoms with Gasteiger partial charge in [-0.3, -0.25) is 0 Å². The molecule has 0 aromatic heterocycles. The molecule has 0 aliphatic rings. The maximum absolute atomic E-state index is 13.6. The number of anilines is 1. The van der Waals surface area contributed by atoms with Gasteiger partial charge in [0.25, 0.3) is 0 Å². The van der Waals surface area contributed by atoms with E-state index in [-0.39, 0.29) is 10.8 Å². The van der Waals surface area contributed by atoms with Gasteiger partial charge in [0, 0.05) is 17.8 Å². The quantitative estimate of drug-likeness (QED) is 0.521. The Balaban J connectivity index is 2.22. The van der Waals surface area contributed by atoms with Crippen LogP contribution in [0.4, 0.5) is 10.1 Å². The van der Waals surface area contributed by atoms with Gasteiger partial charge in [-0.2, -0.15) is 0 Å². The highest BCUT2D eigenvalue weighted by atomic mass is 32.1. The summed E-state index contributed by atoms with van der Waals surface area (Å²) in [6.07, 6.45) is 6.20. The number of nitrogens with one attached hydrogen (secondary N) is 1. The van der Waals surface area contributed by atoms with Crippen LogP contribution in [0.5, 0.6) is 0 Å². The lowest BCUT2D eigenvalue weighted by molar-refractivity contribution is 0.523. The third kappa shape index (κ3) is 6.33. The Morgan fingerprint density at radius 2 is 1.95 bits per heavy atom. The Hall–Kier alpha value is -1.16. The first-order valence-corrected chi connectivity index (χ1v) is 7.74. The number of halogens is 1. The van der Waals surface area contributed by atoms with Crippen LogP contribution in [0.2, 0.25) is 0 Å². The van der Waals surface area contributed by atoms with Crippen LogP contribution in [0.15, 0.2) is 18.2 Å². The molecule has 0 radical (unpaired) electrons. The van der Waals surface area contributed by atoms with Gasteiger partial charge in [0.2, 0.25) is 0 Å². The zero-order valence-electron chi connectivity index (χ0n) is 12.4. The van der Waals surface area contributed by atoms with Gasteiger partial charge in [-0.05, 0) is 30.5 Å². The Morgan fingerprint density at radius 1 is 1.25 bits per heavy atom. The highest BCUT2D eigenvalue weighted by molar-refractivity contribution is 7.80. The normalized spacial score (nSPS) is 10.8. The molecule has 112 valence electrons. The van der Waals surface area contributed by atoms with Crippen LogP contribution in [-0.2, 0) is 0 Å². The molecular weight excluding hydrogens is 271 g/mol. The largest absolute Gasteiger partial charge is 0.389 e. The molecule has 4 heteroatoms. The van der Waals surface area contributed by atoms with Crippen LogP contribution in [0.25, 0.3) is 0 Å². The smallest absolute Gasteiger partial charge is 0.135 e. The molecule has 0 bridgehead atoms. The number of unbranched alkanes of at least 4 members (excludes halogenated alkanes) is 3. The van der Waals surface area contributed by atoms with Crippen molar-refractivity contribution >= 4 is 22.9 Å². The fraction of sp³-hybridized carbons (Fsp3) is 0.562. The molecule has 0 fully saturated rings. The lowest BCUT2D eigenvalue weighted by atomic mass is 10.0. The summed E-state index contributed by atoms with van der Waals surface area (Å²) in [5, 5.41) is 3.23. The van der Waals surface area contributed by atoms with Gasteiger partial charge < -0.3 is 11.1 Å². The molecule has 3 N–H and O–H groups in total. The maximum Gasteiger partial charge on any atom is 0.135 e. The van der Waals surface area contributed by atoms with Crippen LogP contribution in [0.1, 0.15) is 51.5 Å². The molecule has 1 aromatic carbocycles. The van der Waals surface area contributed by atoms with Crippen molar-refractivity contribution in [1.82, 2.24) is 0 Å². The van der Waals surface area contributed by atoms with E-state index in [1.807, 2.05) is 6.07 Å². The van der Waals surface area contributed by atoms with Gasteiger partial charge in [0.15, 0.2) is 0 Å². The van der Waals surface area contributed by atoms with Crippen LogP contribution in [-0.4, -0.2) is 11.5 Å². The highest BCUT2D eigenvalue weighted by Crippen LogP contribution is 2.15. The van der Waals surface area contributed by atoms with E-state index < -0.39 is 0 Å². The predicted octanol–water partition coefficient (Wildman–Crippen LogP) is 4.48. The lowest BCUT2D eigenvalue weighted by Crippen LogP contribution is -2.12. The number of benzene rings is 1. The number of hydrogen-bond donors (Lipinski definition) is 2. The van der Waals surface area contributed by atoms with Crippen molar-refractivity contribution in [2.45, 2.75) is 46.0 Å². The fourth-order valence-corrected chi connectivity index (χ4v) is 2.25. The maximum atomic E-state index is 13.6. The van der Waals surface area contributed by atoms with Gasteiger partial charge in [-0.25, -0.2) is 4.39 Å². The van der Waals surface area contributed by atoms with Gasteiger partial charge in [-0.1, -0.05) is 51.7 Å². The van der Waals surface area contributed by atoms with Crippen LogP contribution in [0, 0.1) is 11.7 Å². The molecule has 0 saturated heterocycles. The van der Waals surface area contributed by atoms with Crippen molar-refractivity contribution < 1.29 is 4.39 Å². The summed E-state index contributed by atoms with van der Waals surface area (Å²) >= 11 is 4.78. The van der Waals surface area contributed by atoms with Crippen LogP contribution in [0.3, 0.4) is 0 Å². The summed E-state index contributed by atoms with van der Waals surface area (Å²) < 4.78 is 13.6. The highest BCUT2D eigenvalue weighted by Gasteiger charge is 2.05. The SMILES string of the molecule is CC(C)CCCCCCNc1ccc(C(N)=S)c(F)c1. The average molecular weight is 296 g/mol. The molecule has 0 amide bonds. The van der Waals surface area contributed by atoms with Crippen molar-refractivity contribution in [1.29, 1.82) is 0 Å². The van der Waals surface area contributed by atoms with E-state index >= 15 is 0 Å². The fourth-order valence-electron chi connectivity index (χ4n) is 2.09. The van der Waals surface area contributed by atoms with Gasteiger partial charge >= 0.3 is 0 Å². The van der Waals surface area contributed by atoms with Crippen molar-refractivity contribution in [2.75, 3.05) is 11.9 Å². The molecule has 0 aliphatic heterocycles. The second-order valence-corrected chi connectivity index (χ2v) is 6.02. The summed E-state index contributed by atoms with van der Waals surface area (Å²) in [6.45, 7) is 5.38. The topological polar surface area (TPSA) is 38.0 Å². The second kappa shape index (κ2) is 8.90. The monoisotopic (exact) mass is 296 g/mol. The molecule has 1 aromatic rings. The Morgan fingerprint density at radius 3 is 2.55 bits per heavy atom. The molecule has 0 saturated carbocycles. The van der Waals surface area contributed by atoms with E-state index in [1.54, 1.807) is 6.07 Å². The van der Waals surface area contributed by atoms with Crippen molar-refractivity contribution in [2.24, 2.45) is 11.7 Å². The molecule has 0 heterocycles. The second-order valence-electron chi connectivity index (χ2n) is 5.58. The Labute approximate surface area is 126 Å². The lowest BCUT2D eigenvalue weighted by Gasteiger charge is -2.08. The zero-order valence-corrected chi connectivity index (χ0v) is 13.2. The van der Waals surface area contributed by atoms with E-state index in [2.05, 4.69) is 19.2 Å². The third-order valence-electron chi connectivity index (χ3n) is 3.27. The molecule has 0 atom stereocenters. The summed E-state index contributed by atoms with van der Waals surface area (Å²) in [6, 6.07) is 4.90. The first-order valence-electron chi connectivity index (χ1n) is 7.34. The molecule has 0 aliphatic carbocycles. The average Bonchev–Trinajstić information content (AvgIpc) is 2.37. The Bertz CT molecular complexity index is 432. The first kappa shape index (κ1) is 16.9. The van der Waals surface area contributed by atoms with Gasteiger partial charge in [-0.15, -0.1) is 0 Å². The minimum Gasteiger partial charge on any atom is -0.389 e. The van der Waals surface area contributed by atoms with E-state index in [0.29, 0.717) is 5.56 Å². The van der Waals surface area contributed by atoms with E-state index in [0.717, 1.165) is 24.6 Å². The third-order valence-corrected chi connectivity index (χ3v) is 3.49. The van der Waals surface area contributed by atoms with Crippen molar-refractivity contribution in [3.8, 4) is 0 Å². The predicted molar refractivity (Wildman–Crippen MR) is 88.7 cm³/mol. The van der Waals surface area contributed by atoms with E-state index in [4.69, 9.17) is 18.0 Å². The molecule has 0 spiro atoms. The minimum atomic E-state index is -0.362. The molecular formula is C16H25FN2S. The number of hydrogen-bond acceptors (Lipinski definition) is 2. The van der Waals surface area contributed by atoms with Gasteiger partial charge in [0.1, 0.15) is 10.8 Å². The summed E-state index contributed by atoms with van der Waals surface area (Å²) in [5.74, 6) is 0.433. The minimum absolute atomic E-state index is 0.0965. The van der Waals surface area contributed by atoms with Crippen LogP contribution >= 0.6 is 12.2 Å². The van der Waals surface area contributed by atoms with E-state index in [9.17, 15) is 4.39 Å².